The zero-order valence-electron chi connectivity index (χ0n) is 6.52. The molecule has 1 saturated carbocycles. The Morgan fingerprint density at radius 2 is 2.10 bits per heavy atom. The number of halogens is 1. The second-order valence-corrected chi connectivity index (χ2v) is 3.72. The summed E-state index contributed by atoms with van der Waals surface area (Å²) in [6, 6.07) is 0. The summed E-state index contributed by atoms with van der Waals surface area (Å²) in [4.78, 5) is 0. The van der Waals surface area contributed by atoms with Crippen molar-refractivity contribution >= 4 is 12.4 Å². The van der Waals surface area contributed by atoms with Gasteiger partial charge in [-0.2, -0.15) is 0 Å². The zero-order chi connectivity index (χ0) is 6.32. The Bertz CT molecular complexity index is 114. The molecule has 1 atom stereocenters. The van der Waals surface area contributed by atoms with Crippen LogP contribution in [0.2, 0.25) is 0 Å². The summed E-state index contributed by atoms with van der Waals surface area (Å²) < 4.78 is 0. The van der Waals surface area contributed by atoms with Gasteiger partial charge in [-0.1, -0.05) is 0 Å². The Balaban J connectivity index is 0.000000500. The molecule has 2 aliphatic rings. The fraction of sp³-hybridized carbons (Fsp3) is 1.00. The number of rotatable bonds is 1. The molecule has 0 bridgehead atoms. The molecule has 0 spiro atoms. The van der Waals surface area contributed by atoms with E-state index in [1.807, 2.05) is 0 Å². The lowest BCUT2D eigenvalue weighted by Crippen LogP contribution is -2.38. The van der Waals surface area contributed by atoms with Gasteiger partial charge in [-0.15, -0.1) is 12.4 Å². The Labute approximate surface area is 69.0 Å². The smallest absolute Gasteiger partial charge is 0.0181 e. The topological polar surface area (TPSA) is 12.0 Å². The maximum Gasteiger partial charge on any atom is 0.0181 e. The third-order valence-electron chi connectivity index (χ3n) is 2.88. The summed E-state index contributed by atoms with van der Waals surface area (Å²) in [5.41, 5.74) is 0.556. The lowest BCUT2D eigenvalue weighted by atomic mass is 9.94. The van der Waals surface area contributed by atoms with Crippen molar-refractivity contribution in [1.82, 2.24) is 5.32 Å². The minimum Gasteiger partial charge on any atom is -0.311 e. The van der Waals surface area contributed by atoms with Crippen molar-refractivity contribution in [2.24, 2.45) is 5.92 Å². The van der Waals surface area contributed by atoms with E-state index in [2.05, 4.69) is 12.2 Å². The molecule has 1 unspecified atom stereocenters. The van der Waals surface area contributed by atoms with Crippen molar-refractivity contribution in [2.75, 3.05) is 6.54 Å². The normalized spacial score (nSPS) is 39.3. The molecule has 1 aliphatic carbocycles. The molecule has 10 heavy (non-hydrogen) atoms. The summed E-state index contributed by atoms with van der Waals surface area (Å²) >= 11 is 0. The maximum absolute atomic E-state index is 3.59. The van der Waals surface area contributed by atoms with Crippen LogP contribution < -0.4 is 5.32 Å². The van der Waals surface area contributed by atoms with Crippen LogP contribution in [0.25, 0.3) is 0 Å². The van der Waals surface area contributed by atoms with E-state index < -0.39 is 0 Å². The highest BCUT2D eigenvalue weighted by atomic mass is 35.5. The van der Waals surface area contributed by atoms with Crippen molar-refractivity contribution in [3.05, 3.63) is 0 Å². The first-order valence-electron chi connectivity index (χ1n) is 4.06. The highest BCUT2D eigenvalue weighted by Crippen LogP contribution is 2.43. The number of hydrogen-bond donors (Lipinski definition) is 1. The Kier molecular flexibility index (Phi) is 2.26. The van der Waals surface area contributed by atoms with Gasteiger partial charge in [0.25, 0.3) is 0 Å². The summed E-state index contributed by atoms with van der Waals surface area (Å²) in [6.07, 6.45) is 5.76. The van der Waals surface area contributed by atoms with E-state index in [-0.39, 0.29) is 12.4 Å². The van der Waals surface area contributed by atoms with Gasteiger partial charge in [0.1, 0.15) is 0 Å². The first kappa shape index (κ1) is 8.35. The van der Waals surface area contributed by atoms with Crippen molar-refractivity contribution in [3.63, 3.8) is 0 Å². The van der Waals surface area contributed by atoms with Gasteiger partial charge in [-0.05, 0) is 45.1 Å². The standard InChI is InChI=1S/C8H15N.ClH/c1-8(7-3-4-7)5-2-6-9-8;/h7,9H,2-6H2,1H3;1H. The molecule has 0 amide bonds. The summed E-state index contributed by atoms with van der Waals surface area (Å²) in [5.74, 6) is 1.03. The van der Waals surface area contributed by atoms with Crippen LogP contribution in [0.3, 0.4) is 0 Å². The molecule has 1 nitrogen and oxygen atoms in total. The first-order valence-corrected chi connectivity index (χ1v) is 4.06. The fourth-order valence-electron chi connectivity index (χ4n) is 1.99. The molecule has 1 N–H and O–H groups in total. The molecule has 2 fully saturated rings. The summed E-state index contributed by atoms with van der Waals surface area (Å²) in [7, 11) is 0. The number of hydrogen-bond acceptors (Lipinski definition) is 1. The minimum absolute atomic E-state index is 0. The van der Waals surface area contributed by atoms with E-state index >= 15 is 0 Å². The van der Waals surface area contributed by atoms with Gasteiger partial charge in [0.15, 0.2) is 0 Å². The van der Waals surface area contributed by atoms with Crippen LogP contribution in [0, 0.1) is 5.92 Å². The maximum atomic E-state index is 3.59. The third-order valence-corrected chi connectivity index (χ3v) is 2.88. The lowest BCUT2D eigenvalue weighted by Gasteiger charge is -2.23. The van der Waals surface area contributed by atoms with Gasteiger partial charge in [-0.25, -0.2) is 0 Å². The summed E-state index contributed by atoms with van der Waals surface area (Å²) in [5, 5.41) is 3.59. The van der Waals surface area contributed by atoms with E-state index in [0.29, 0.717) is 5.54 Å². The van der Waals surface area contributed by atoms with Crippen LogP contribution in [0.1, 0.15) is 32.6 Å². The van der Waals surface area contributed by atoms with Gasteiger partial charge < -0.3 is 5.32 Å². The van der Waals surface area contributed by atoms with Gasteiger partial charge in [0.05, 0.1) is 0 Å². The molecule has 2 heteroatoms. The molecule has 0 aromatic heterocycles. The molecule has 1 aliphatic heterocycles. The van der Waals surface area contributed by atoms with Gasteiger partial charge >= 0.3 is 0 Å². The average Bonchev–Trinajstić information content (AvgIpc) is 2.60. The van der Waals surface area contributed by atoms with E-state index in [0.717, 1.165) is 5.92 Å². The molecule has 0 radical (unpaired) electrons. The van der Waals surface area contributed by atoms with Crippen LogP contribution in [0.4, 0.5) is 0 Å². The number of nitrogens with one attached hydrogen (secondary N) is 1. The Morgan fingerprint density at radius 1 is 1.40 bits per heavy atom. The highest BCUT2D eigenvalue weighted by Gasteiger charge is 2.42. The molecule has 60 valence electrons. The second kappa shape index (κ2) is 2.71. The van der Waals surface area contributed by atoms with E-state index in [1.54, 1.807) is 0 Å². The van der Waals surface area contributed by atoms with Crippen molar-refractivity contribution in [3.8, 4) is 0 Å². The van der Waals surface area contributed by atoms with Crippen molar-refractivity contribution in [1.29, 1.82) is 0 Å². The largest absolute Gasteiger partial charge is 0.311 e. The molecule has 0 aromatic carbocycles. The van der Waals surface area contributed by atoms with Gasteiger partial charge in [0.2, 0.25) is 0 Å². The SMILES string of the molecule is CC1(C2CC2)CCCN1.Cl. The molecular weight excluding hydrogens is 146 g/mol. The first-order chi connectivity index (χ1) is 4.31. The van der Waals surface area contributed by atoms with E-state index in [9.17, 15) is 0 Å². The molecule has 1 heterocycles. The lowest BCUT2D eigenvalue weighted by molar-refractivity contribution is 0.361. The summed E-state index contributed by atoms with van der Waals surface area (Å²) in [6.45, 7) is 3.64. The van der Waals surface area contributed by atoms with Crippen LogP contribution in [0.5, 0.6) is 0 Å². The van der Waals surface area contributed by atoms with Crippen LogP contribution >= 0.6 is 12.4 Å². The second-order valence-electron chi connectivity index (χ2n) is 3.72. The zero-order valence-corrected chi connectivity index (χ0v) is 7.34. The fourth-order valence-corrected chi connectivity index (χ4v) is 1.99. The predicted octanol–water partition coefficient (Wildman–Crippen LogP) is 1.96. The Morgan fingerprint density at radius 3 is 2.50 bits per heavy atom. The molecule has 1 saturated heterocycles. The van der Waals surface area contributed by atoms with Crippen molar-refractivity contribution < 1.29 is 0 Å². The predicted molar refractivity (Wildman–Crippen MR) is 45.6 cm³/mol. The molecule has 0 aromatic rings. The van der Waals surface area contributed by atoms with Gasteiger partial charge in [0, 0.05) is 5.54 Å². The average molecular weight is 162 g/mol. The molecular formula is C8H16ClN. The van der Waals surface area contributed by atoms with E-state index in [4.69, 9.17) is 0 Å². The Hall–Kier alpha value is 0.250. The third kappa shape index (κ3) is 1.30. The van der Waals surface area contributed by atoms with Crippen molar-refractivity contribution in [2.45, 2.75) is 38.1 Å². The van der Waals surface area contributed by atoms with Crippen LogP contribution in [0.15, 0.2) is 0 Å². The highest BCUT2D eigenvalue weighted by molar-refractivity contribution is 5.85. The van der Waals surface area contributed by atoms with Crippen LogP contribution in [-0.4, -0.2) is 12.1 Å². The van der Waals surface area contributed by atoms with E-state index in [1.165, 1.54) is 32.2 Å². The van der Waals surface area contributed by atoms with Gasteiger partial charge in [-0.3, -0.25) is 0 Å². The minimum atomic E-state index is 0. The monoisotopic (exact) mass is 161 g/mol. The molecule has 2 rings (SSSR count). The quantitative estimate of drug-likeness (QED) is 0.620. The van der Waals surface area contributed by atoms with Crippen LogP contribution in [-0.2, 0) is 0 Å².